The van der Waals surface area contributed by atoms with Crippen LogP contribution in [0.3, 0.4) is 0 Å². The molecule has 6 nitrogen and oxygen atoms in total. The number of hydrogen-bond donors (Lipinski definition) is 2. The van der Waals surface area contributed by atoms with Crippen molar-refractivity contribution in [1.82, 2.24) is 10.9 Å². The Bertz CT molecular complexity index is 903. The molecule has 0 unspecified atom stereocenters. The van der Waals surface area contributed by atoms with Crippen LogP contribution in [-0.2, 0) is 14.3 Å². The van der Waals surface area contributed by atoms with Crippen LogP contribution in [0.5, 0.6) is 0 Å². The van der Waals surface area contributed by atoms with E-state index in [0.717, 1.165) is 12.1 Å². The van der Waals surface area contributed by atoms with E-state index in [1.807, 2.05) is 10.9 Å². The summed E-state index contributed by atoms with van der Waals surface area (Å²) in [5.41, 5.74) is 3.87. The van der Waals surface area contributed by atoms with Gasteiger partial charge in [-0.05, 0) is 36.4 Å². The second-order valence-electron chi connectivity index (χ2n) is 5.09. The Morgan fingerprint density at radius 1 is 1.04 bits per heavy atom. The largest absolute Gasteiger partial charge is 0.452 e. The molecule has 9 heteroatoms. The van der Waals surface area contributed by atoms with E-state index in [4.69, 9.17) is 0 Å². The maximum atomic E-state index is 13.5. The van der Waals surface area contributed by atoms with Crippen LogP contribution in [0, 0.1) is 11.6 Å². The molecule has 0 fully saturated rings. The van der Waals surface area contributed by atoms with Crippen molar-refractivity contribution in [3.8, 4) is 0 Å². The number of benzene rings is 2. The molecule has 140 valence electrons. The Hall–Kier alpha value is -3.07. The van der Waals surface area contributed by atoms with Gasteiger partial charge >= 0.3 is 5.97 Å². The zero-order valence-corrected chi connectivity index (χ0v) is 15.3. The van der Waals surface area contributed by atoms with E-state index in [-0.39, 0.29) is 11.1 Å². The van der Waals surface area contributed by atoms with Crippen molar-refractivity contribution < 1.29 is 27.9 Å². The Balaban J connectivity index is 1.79. The molecule has 0 saturated carbocycles. The summed E-state index contributed by atoms with van der Waals surface area (Å²) in [6.45, 7) is -0.693. The first kappa shape index (κ1) is 20.2. The van der Waals surface area contributed by atoms with Crippen LogP contribution in [0.4, 0.5) is 8.78 Å². The number of ether oxygens (including phenoxy) is 1. The molecule has 0 spiro atoms. The fourth-order valence-electron chi connectivity index (χ4n) is 1.86. The van der Waals surface area contributed by atoms with Crippen LogP contribution in [0.15, 0.2) is 53.0 Å². The van der Waals surface area contributed by atoms with Crippen LogP contribution in [0.2, 0.25) is 0 Å². The zero-order valence-electron chi connectivity index (χ0n) is 13.7. The fourth-order valence-corrected chi connectivity index (χ4v) is 2.24. The first-order chi connectivity index (χ1) is 12.9. The molecule has 0 aliphatic rings. The third-order valence-corrected chi connectivity index (χ3v) is 3.63. The molecular formula is C18H13BrF2N2O4. The minimum Gasteiger partial charge on any atom is -0.452 e. The molecule has 2 aromatic rings. The summed E-state index contributed by atoms with van der Waals surface area (Å²) in [4.78, 5) is 34.8. The van der Waals surface area contributed by atoms with Gasteiger partial charge in [0, 0.05) is 16.1 Å². The molecule has 2 N–H and O–H groups in total. The first-order valence-electron chi connectivity index (χ1n) is 7.50. The van der Waals surface area contributed by atoms with E-state index in [1.165, 1.54) is 42.5 Å². The fraction of sp³-hybridized carbons (Fsp3) is 0.0556. The van der Waals surface area contributed by atoms with Gasteiger partial charge in [0.25, 0.3) is 11.8 Å². The van der Waals surface area contributed by atoms with Crippen molar-refractivity contribution in [2.45, 2.75) is 0 Å². The summed E-state index contributed by atoms with van der Waals surface area (Å²) in [7, 11) is 0. The van der Waals surface area contributed by atoms with Gasteiger partial charge in [-0.25, -0.2) is 13.6 Å². The molecular weight excluding hydrogens is 426 g/mol. The molecule has 2 aromatic carbocycles. The van der Waals surface area contributed by atoms with E-state index in [2.05, 4.69) is 20.7 Å². The van der Waals surface area contributed by atoms with Crippen molar-refractivity contribution in [3.05, 3.63) is 75.8 Å². The summed E-state index contributed by atoms with van der Waals surface area (Å²) in [6, 6.07) is 9.40. The molecule has 0 aliphatic heterocycles. The second-order valence-corrected chi connectivity index (χ2v) is 6.00. The molecule has 0 radical (unpaired) electrons. The lowest BCUT2D eigenvalue weighted by Crippen LogP contribution is -2.43. The van der Waals surface area contributed by atoms with Gasteiger partial charge in [0.15, 0.2) is 6.61 Å². The number of rotatable bonds is 5. The van der Waals surface area contributed by atoms with Gasteiger partial charge in [0.1, 0.15) is 11.6 Å². The highest BCUT2D eigenvalue weighted by molar-refractivity contribution is 9.10. The monoisotopic (exact) mass is 438 g/mol. The van der Waals surface area contributed by atoms with E-state index in [9.17, 15) is 23.2 Å². The SMILES string of the molecule is O=C(COC(=O)/C=C/c1cc(Br)ccc1F)NNC(=O)c1ccccc1F. The third kappa shape index (κ3) is 6.30. The van der Waals surface area contributed by atoms with Gasteiger partial charge in [-0.3, -0.25) is 20.4 Å². The summed E-state index contributed by atoms with van der Waals surface area (Å²) < 4.78 is 32.2. The van der Waals surface area contributed by atoms with E-state index in [1.54, 1.807) is 0 Å². The Kier molecular flexibility index (Phi) is 7.18. The molecule has 2 rings (SSSR count). The minimum absolute atomic E-state index is 0.155. The molecule has 0 bridgehead atoms. The summed E-state index contributed by atoms with van der Waals surface area (Å²) >= 11 is 3.18. The first-order valence-corrected chi connectivity index (χ1v) is 8.29. The van der Waals surface area contributed by atoms with Crippen LogP contribution in [0.25, 0.3) is 6.08 Å². The van der Waals surface area contributed by atoms with Crippen molar-refractivity contribution in [3.63, 3.8) is 0 Å². The number of carbonyl (C=O) groups is 3. The van der Waals surface area contributed by atoms with Crippen molar-refractivity contribution in [2.24, 2.45) is 0 Å². The Morgan fingerprint density at radius 3 is 2.52 bits per heavy atom. The zero-order chi connectivity index (χ0) is 19.8. The number of hydrogen-bond acceptors (Lipinski definition) is 4. The highest BCUT2D eigenvalue weighted by atomic mass is 79.9. The average molecular weight is 439 g/mol. The summed E-state index contributed by atoms with van der Waals surface area (Å²) in [5, 5.41) is 0. The number of halogens is 3. The molecule has 0 heterocycles. The van der Waals surface area contributed by atoms with E-state index >= 15 is 0 Å². The maximum absolute atomic E-state index is 13.5. The smallest absolute Gasteiger partial charge is 0.331 e. The molecule has 0 saturated heterocycles. The van der Waals surface area contributed by atoms with Crippen molar-refractivity contribution in [1.29, 1.82) is 0 Å². The molecule has 0 aliphatic carbocycles. The minimum atomic E-state index is -0.884. The standard InChI is InChI=1S/C18H13BrF2N2O4/c19-12-6-7-14(20)11(9-12)5-8-17(25)27-10-16(24)22-23-18(26)13-3-1-2-4-15(13)21/h1-9H,10H2,(H,22,24)(H,23,26)/b8-5+. The van der Waals surface area contributed by atoms with Gasteiger partial charge in [-0.1, -0.05) is 28.1 Å². The van der Waals surface area contributed by atoms with Gasteiger partial charge < -0.3 is 4.74 Å². The second kappa shape index (κ2) is 9.58. The maximum Gasteiger partial charge on any atom is 0.331 e. The van der Waals surface area contributed by atoms with Crippen molar-refractivity contribution in [2.75, 3.05) is 6.61 Å². The topological polar surface area (TPSA) is 84.5 Å². The van der Waals surface area contributed by atoms with Crippen LogP contribution in [-0.4, -0.2) is 24.4 Å². The van der Waals surface area contributed by atoms with E-state index < -0.39 is 36.0 Å². The lowest BCUT2D eigenvalue weighted by molar-refractivity contribution is -0.144. The molecule has 0 atom stereocenters. The average Bonchev–Trinajstić information content (AvgIpc) is 2.65. The molecule has 0 aromatic heterocycles. The van der Waals surface area contributed by atoms with Gasteiger partial charge in [0.05, 0.1) is 5.56 Å². The summed E-state index contributed by atoms with van der Waals surface area (Å²) in [5.74, 6) is -3.87. The van der Waals surface area contributed by atoms with Gasteiger partial charge in [-0.15, -0.1) is 0 Å². The number of carbonyl (C=O) groups excluding carboxylic acids is 3. The Morgan fingerprint density at radius 2 is 1.78 bits per heavy atom. The quantitative estimate of drug-likeness (QED) is 0.427. The number of amides is 2. The highest BCUT2D eigenvalue weighted by Gasteiger charge is 2.12. The lowest BCUT2D eigenvalue weighted by Gasteiger charge is -2.07. The predicted octanol–water partition coefficient (Wildman–Crippen LogP) is 2.74. The van der Waals surface area contributed by atoms with Gasteiger partial charge in [-0.2, -0.15) is 0 Å². The lowest BCUT2D eigenvalue weighted by atomic mass is 10.2. The third-order valence-electron chi connectivity index (χ3n) is 3.14. The molecule has 2 amide bonds. The van der Waals surface area contributed by atoms with Crippen molar-refractivity contribution >= 4 is 39.8 Å². The van der Waals surface area contributed by atoms with Crippen LogP contribution < -0.4 is 10.9 Å². The number of hydrazine groups is 1. The normalized spacial score (nSPS) is 10.5. The van der Waals surface area contributed by atoms with Crippen LogP contribution in [0.1, 0.15) is 15.9 Å². The van der Waals surface area contributed by atoms with Gasteiger partial charge in [0.2, 0.25) is 0 Å². The summed E-state index contributed by atoms with van der Waals surface area (Å²) in [6.07, 6.45) is 2.15. The Labute approximate surface area is 161 Å². The number of nitrogens with one attached hydrogen (secondary N) is 2. The highest BCUT2D eigenvalue weighted by Crippen LogP contribution is 2.16. The predicted molar refractivity (Wildman–Crippen MR) is 96.1 cm³/mol. The molecule has 27 heavy (non-hydrogen) atoms. The van der Waals surface area contributed by atoms with Crippen LogP contribution >= 0.6 is 15.9 Å². The van der Waals surface area contributed by atoms with E-state index in [0.29, 0.717) is 4.47 Å². The number of esters is 1.